The Morgan fingerprint density at radius 3 is 2.52 bits per heavy atom. The minimum absolute atomic E-state index is 0.0653. The normalized spacial score (nSPS) is 26.0. The van der Waals surface area contributed by atoms with Gasteiger partial charge in [-0.15, -0.1) is 0 Å². The van der Waals surface area contributed by atoms with Crippen LogP contribution in [0.3, 0.4) is 0 Å². The second-order valence-electron chi connectivity index (χ2n) is 7.13. The van der Waals surface area contributed by atoms with Crippen molar-refractivity contribution in [3.8, 4) is 0 Å². The number of nitrogens with zero attached hydrogens (tertiary/aromatic N) is 1. The van der Waals surface area contributed by atoms with Gasteiger partial charge >= 0.3 is 0 Å². The summed E-state index contributed by atoms with van der Waals surface area (Å²) in [6.45, 7) is 11.0. The molecule has 1 unspecified atom stereocenters. The Bertz CT molecular complexity index is 617. The quantitative estimate of drug-likeness (QED) is 0.670. The van der Waals surface area contributed by atoms with Gasteiger partial charge in [-0.05, 0) is 63.2 Å². The Labute approximate surface area is 127 Å². The minimum Gasteiger partial charge on any atom is -0.446 e. The van der Waals surface area contributed by atoms with Crippen molar-refractivity contribution in [1.29, 1.82) is 0 Å². The molecule has 0 amide bonds. The van der Waals surface area contributed by atoms with E-state index in [1.807, 2.05) is 0 Å². The number of para-hydroxylation sites is 1. The van der Waals surface area contributed by atoms with Crippen LogP contribution in [0.4, 0.5) is 5.69 Å². The fourth-order valence-corrected chi connectivity index (χ4v) is 3.46. The molecule has 0 spiro atoms. The molecule has 3 rings (SSSR count). The van der Waals surface area contributed by atoms with Gasteiger partial charge in [0, 0.05) is 6.42 Å². The van der Waals surface area contributed by atoms with E-state index in [4.69, 9.17) is 9.73 Å². The Balaban J connectivity index is 2.00. The van der Waals surface area contributed by atoms with Crippen molar-refractivity contribution in [3.05, 3.63) is 40.7 Å². The monoisotopic (exact) mass is 283 g/mol. The highest BCUT2D eigenvalue weighted by Crippen LogP contribution is 2.47. The molecule has 0 aromatic heterocycles. The van der Waals surface area contributed by atoms with Crippen molar-refractivity contribution < 1.29 is 4.74 Å². The summed E-state index contributed by atoms with van der Waals surface area (Å²) >= 11 is 0. The smallest absolute Gasteiger partial charge is 0.204 e. The van der Waals surface area contributed by atoms with E-state index in [2.05, 4.69) is 52.8 Å². The molecule has 21 heavy (non-hydrogen) atoms. The van der Waals surface area contributed by atoms with Gasteiger partial charge in [-0.25, -0.2) is 4.99 Å². The lowest BCUT2D eigenvalue weighted by Crippen LogP contribution is -2.22. The first kappa shape index (κ1) is 14.4. The second-order valence-corrected chi connectivity index (χ2v) is 7.13. The van der Waals surface area contributed by atoms with Crippen LogP contribution in [-0.4, -0.2) is 5.90 Å². The fourth-order valence-electron chi connectivity index (χ4n) is 3.46. The SMILES string of the molecule is Cc1cccc(C)c1N=C1OC2=C(CCC(C)C2)C1(C)C. The highest BCUT2D eigenvalue weighted by Gasteiger charge is 2.42. The van der Waals surface area contributed by atoms with Gasteiger partial charge in [0.1, 0.15) is 5.76 Å². The molecule has 0 bridgehead atoms. The van der Waals surface area contributed by atoms with E-state index in [9.17, 15) is 0 Å². The Kier molecular flexibility index (Phi) is 3.43. The van der Waals surface area contributed by atoms with Gasteiger partial charge in [0.2, 0.25) is 5.90 Å². The summed E-state index contributed by atoms with van der Waals surface area (Å²) in [5.41, 5.74) is 4.88. The van der Waals surface area contributed by atoms with Gasteiger partial charge in [0.15, 0.2) is 0 Å². The van der Waals surface area contributed by atoms with Gasteiger partial charge in [0.25, 0.3) is 0 Å². The first-order chi connectivity index (χ1) is 9.89. The summed E-state index contributed by atoms with van der Waals surface area (Å²) in [5.74, 6) is 2.78. The lowest BCUT2D eigenvalue weighted by molar-refractivity contribution is 0.347. The van der Waals surface area contributed by atoms with E-state index >= 15 is 0 Å². The van der Waals surface area contributed by atoms with Crippen molar-refractivity contribution in [2.45, 2.75) is 53.9 Å². The maximum atomic E-state index is 6.19. The van der Waals surface area contributed by atoms with Gasteiger partial charge in [-0.2, -0.15) is 0 Å². The van der Waals surface area contributed by atoms with Crippen LogP contribution >= 0.6 is 0 Å². The Hall–Kier alpha value is -1.57. The summed E-state index contributed by atoms with van der Waals surface area (Å²) in [4.78, 5) is 4.91. The van der Waals surface area contributed by atoms with Crippen molar-refractivity contribution in [3.63, 3.8) is 0 Å². The molecule has 0 N–H and O–H groups in total. The predicted octanol–water partition coefficient (Wildman–Crippen LogP) is 5.46. The van der Waals surface area contributed by atoms with Crippen molar-refractivity contribution in [2.75, 3.05) is 0 Å². The molecule has 1 heterocycles. The topological polar surface area (TPSA) is 21.6 Å². The van der Waals surface area contributed by atoms with Gasteiger partial charge in [-0.1, -0.05) is 25.1 Å². The molecule has 1 aliphatic heterocycles. The zero-order valence-corrected chi connectivity index (χ0v) is 13.8. The van der Waals surface area contributed by atoms with E-state index in [1.54, 1.807) is 0 Å². The molecule has 112 valence electrons. The average molecular weight is 283 g/mol. The lowest BCUT2D eigenvalue weighted by atomic mass is 9.77. The molecular formula is C19H25NO. The molecule has 1 aliphatic carbocycles. The molecule has 1 atom stereocenters. The number of aliphatic imine (C=N–C) groups is 1. The van der Waals surface area contributed by atoms with E-state index in [0.29, 0.717) is 0 Å². The number of aryl methyl sites for hydroxylation is 2. The number of allylic oxidation sites excluding steroid dienone is 1. The summed E-state index contributed by atoms with van der Waals surface area (Å²) < 4.78 is 6.19. The highest BCUT2D eigenvalue weighted by molar-refractivity contribution is 5.91. The molecule has 0 saturated carbocycles. The summed E-state index contributed by atoms with van der Waals surface area (Å²) in [7, 11) is 0. The van der Waals surface area contributed by atoms with Crippen molar-refractivity contribution >= 4 is 11.6 Å². The number of benzene rings is 1. The van der Waals surface area contributed by atoms with Crippen LogP contribution in [0.25, 0.3) is 0 Å². The van der Waals surface area contributed by atoms with Crippen LogP contribution in [0.15, 0.2) is 34.5 Å². The Morgan fingerprint density at radius 2 is 1.86 bits per heavy atom. The third-order valence-corrected chi connectivity index (χ3v) is 4.92. The zero-order chi connectivity index (χ0) is 15.2. The van der Waals surface area contributed by atoms with Gasteiger partial charge in [-0.3, -0.25) is 0 Å². The molecule has 1 aromatic rings. The average Bonchev–Trinajstić information content (AvgIpc) is 2.65. The summed E-state index contributed by atoms with van der Waals surface area (Å²) in [6.07, 6.45) is 3.47. The number of rotatable bonds is 1. The number of ether oxygens (including phenoxy) is 1. The third-order valence-electron chi connectivity index (χ3n) is 4.92. The maximum Gasteiger partial charge on any atom is 0.204 e. The lowest BCUT2D eigenvalue weighted by Gasteiger charge is -2.24. The second kappa shape index (κ2) is 5.01. The summed E-state index contributed by atoms with van der Waals surface area (Å²) in [6, 6.07) is 6.31. The molecule has 2 nitrogen and oxygen atoms in total. The van der Waals surface area contributed by atoms with Crippen LogP contribution in [0.5, 0.6) is 0 Å². The van der Waals surface area contributed by atoms with Crippen LogP contribution in [0.2, 0.25) is 0 Å². The van der Waals surface area contributed by atoms with Gasteiger partial charge in [0.05, 0.1) is 11.1 Å². The van der Waals surface area contributed by atoms with Crippen LogP contribution in [-0.2, 0) is 4.74 Å². The first-order valence-electron chi connectivity index (χ1n) is 7.95. The molecule has 0 fully saturated rings. The largest absolute Gasteiger partial charge is 0.446 e. The standard InChI is InChI=1S/C19H25NO/c1-12-9-10-15-16(11-12)21-18(19(15,4)5)20-17-13(2)7-6-8-14(17)3/h6-8,12H,9-11H2,1-5H3. The third kappa shape index (κ3) is 2.41. The van der Waals surface area contributed by atoms with Crippen molar-refractivity contribution in [1.82, 2.24) is 0 Å². The predicted molar refractivity (Wildman–Crippen MR) is 87.9 cm³/mol. The number of hydrogen-bond donors (Lipinski definition) is 0. The van der Waals surface area contributed by atoms with Crippen LogP contribution in [0, 0.1) is 25.2 Å². The first-order valence-corrected chi connectivity index (χ1v) is 7.95. The molecule has 2 aliphatic rings. The van der Waals surface area contributed by atoms with Crippen molar-refractivity contribution in [2.24, 2.45) is 16.3 Å². The highest BCUT2D eigenvalue weighted by atomic mass is 16.5. The van der Waals surface area contributed by atoms with Gasteiger partial charge < -0.3 is 4.74 Å². The molecule has 0 saturated heterocycles. The molecule has 1 aromatic carbocycles. The van der Waals surface area contributed by atoms with Crippen LogP contribution in [0.1, 0.15) is 51.2 Å². The number of hydrogen-bond acceptors (Lipinski definition) is 2. The molecule has 0 radical (unpaired) electrons. The van der Waals surface area contributed by atoms with E-state index in [0.717, 1.165) is 30.3 Å². The van der Waals surface area contributed by atoms with E-state index < -0.39 is 0 Å². The zero-order valence-electron chi connectivity index (χ0n) is 13.8. The minimum atomic E-state index is -0.0653. The van der Waals surface area contributed by atoms with E-state index in [-0.39, 0.29) is 5.41 Å². The maximum absolute atomic E-state index is 6.19. The summed E-state index contributed by atoms with van der Waals surface area (Å²) in [5, 5.41) is 0. The molecule has 2 heteroatoms. The van der Waals surface area contributed by atoms with Crippen LogP contribution < -0.4 is 0 Å². The molecular weight excluding hydrogens is 258 g/mol. The van der Waals surface area contributed by atoms with E-state index in [1.165, 1.54) is 28.9 Å². The fraction of sp³-hybridized carbons (Fsp3) is 0.526. The Morgan fingerprint density at radius 1 is 1.19 bits per heavy atom.